The Morgan fingerprint density at radius 1 is 0.903 bits per heavy atom. The summed E-state index contributed by atoms with van der Waals surface area (Å²) >= 11 is 0. The van der Waals surface area contributed by atoms with Crippen LogP contribution in [0, 0.1) is 0 Å². The Morgan fingerprint density at radius 2 is 1.48 bits per heavy atom. The average molecular weight is 432 g/mol. The molecule has 1 rings (SSSR count). The van der Waals surface area contributed by atoms with Gasteiger partial charge in [-0.25, -0.2) is 0 Å². The van der Waals surface area contributed by atoms with Crippen LogP contribution in [0.15, 0.2) is 30.4 Å². The highest BCUT2D eigenvalue weighted by molar-refractivity contribution is 5.78. The van der Waals surface area contributed by atoms with Crippen LogP contribution in [0.5, 0.6) is 11.5 Å². The topological polar surface area (TPSA) is 58.6 Å². The number of benzene rings is 1. The molecule has 0 bridgehead atoms. The first-order valence-corrected chi connectivity index (χ1v) is 12.4. The molecule has 0 saturated carbocycles. The van der Waals surface area contributed by atoms with E-state index in [1.165, 1.54) is 90.6 Å². The highest BCUT2D eigenvalue weighted by Gasteiger charge is 2.07. The first kappa shape index (κ1) is 27.1. The van der Waals surface area contributed by atoms with Crippen molar-refractivity contribution in [2.75, 3.05) is 13.7 Å². The van der Waals surface area contributed by atoms with Gasteiger partial charge in [-0.1, -0.05) is 82.9 Å². The van der Waals surface area contributed by atoms with E-state index in [1.54, 1.807) is 18.2 Å². The van der Waals surface area contributed by atoms with Crippen LogP contribution in [0.1, 0.15) is 102 Å². The fourth-order valence-corrected chi connectivity index (χ4v) is 3.68. The molecule has 1 aromatic rings. The van der Waals surface area contributed by atoms with E-state index in [4.69, 9.17) is 4.74 Å². The zero-order chi connectivity index (χ0) is 22.6. The van der Waals surface area contributed by atoms with E-state index in [0.29, 0.717) is 12.2 Å². The molecule has 2 N–H and O–H groups in total. The molecule has 0 saturated heterocycles. The van der Waals surface area contributed by atoms with Crippen molar-refractivity contribution in [3.63, 3.8) is 0 Å². The number of amides is 1. The van der Waals surface area contributed by atoms with Gasteiger partial charge in [-0.3, -0.25) is 4.79 Å². The van der Waals surface area contributed by atoms with E-state index in [2.05, 4.69) is 24.4 Å². The number of rotatable bonds is 19. The van der Waals surface area contributed by atoms with Crippen molar-refractivity contribution in [1.82, 2.24) is 5.32 Å². The van der Waals surface area contributed by atoms with Crippen molar-refractivity contribution in [1.29, 1.82) is 0 Å². The van der Waals surface area contributed by atoms with Gasteiger partial charge >= 0.3 is 0 Å². The minimum atomic E-state index is 0.0164. The van der Waals surface area contributed by atoms with Gasteiger partial charge in [0.1, 0.15) is 0 Å². The van der Waals surface area contributed by atoms with E-state index in [1.807, 2.05) is 0 Å². The van der Waals surface area contributed by atoms with Crippen molar-refractivity contribution in [2.45, 2.75) is 103 Å². The van der Waals surface area contributed by atoms with Crippen LogP contribution in [-0.4, -0.2) is 24.7 Å². The third-order valence-corrected chi connectivity index (χ3v) is 5.62. The van der Waals surface area contributed by atoms with Gasteiger partial charge in [-0.05, 0) is 49.8 Å². The summed E-state index contributed by atoms with van der Waals surface area (Å²) in [5.74, 6) is 0.513. The lowest BCUT2D eigenvalue weighted by Crippen LogP contribution is -2.26. The Morgan fingerprint density at radius 3 is 2.10 bits per heavy atom. The summed E-state index contributed by atoms with van der Waals surface area (Å²) in [4.78, 5) is 12.0. The monoisotopic (exact) mass is 431 g/mol. The number of nitrogens with one attached hydrogen (secondary N) is 1. The molecule has 0 spiro atoms. The Hall–Kier alpha value is -1.97. The maximum Gasteiger partial charge on any atom is 0.224 e. The highest BCUT2D eigenvalue weighted by atomic mass is 16.5. The molecular formula is C27H45NO3. The van der Waals surface area contributed by atoms with Crippen LogP contribution >= 0.6 is 0 Å². The Kier molecular flexibility index (Phi) is 16.4. The molecule has 4 nitrogen and oxygen atoms in total. The second kappa shape index (κ2) is 18.8. The number of phenols is 1. The number of hydrogen-bond acceptors (Lipinski definition) is 3. The lowest BCUT2D eigenvalue weighted by Gasteiger charge is -2.08. The van der Waals surface area contributed by atoms with Crippen molar-refractivity contribution in [3.05, 3.63) is 35.9 Å². The molecule has 31 heavy (non-hydrogen) atoms. The first-order chi connectivity index (χ1) is 15.2. The number of hydrogen-bond donors (Lipinski definition) is 2. The first-order valence-electron chi connectivity index (χ1n) is 12.4. The predicted octanol–water partition coefficient (Wildman–Crippen LogP) is 7.10. The number of allylic oxidation sites excluding steroid dienone is 2. The van der Waals surface area contributed by atoms with Crippen LogP contribution in [0.3, 0.4) is 0 Å². The highest BCUT2D eigenvalue weighted by Crippen LogP contribution is 2.26. The summed E-state index contributed by atoms with van der Waals surface area (Å²) in [6.45, 7) is 3.00. The summed E-state index contributed by atoms with van der Waals surface area (Å²) in [6.07, 6.45) is 23.1. The number of carbonyl (C=O) groups excluding carboxylic acids is 1. The number of ether oxygens (including phenoxy) is 1. The van der Waals surface area contributed by atoms with E-state index in [-0.39, 0.29) is 11.7 Å². The van der Waals surface area contributed by atoms with E-state index < -0.39 is 0 Å². The molecule has 0 aliphatic rings. The molecule has 0 aliphatic heterocycles. The summed E-state index contributed by atoms with van der Waals surface area (Å²) in [5, 5.41) is 12.6. The minimum absolute atomic E-state index is 0.0164. The maximum absolute atomic E-state index is 12.0. The van der Waals surface area contributed by atoms with E-state index in [0.717, 1.165) is 18.5 Å². The predicted molar refractivity (Wildman–Crippen MR) is 131 cm³/mol. The molecule has 0 unspecified atom stereocenters. The van der Waals surface area contributed by atoms with Crippen LogP contribution in [0.2, 0.25) is 0 Å². The Balaban J connectivity index is 1.89. The summed E-state index contributed by atoms with van der Waals surface area (Å²) < 4.78 is 5.08. The SMILES string of the molecule is CCCCCC/C=C\CCCCCCCCCCNC(=O)Cc1ccc(O)c(OC)c1. The second-order valence-corrected chi connectivity index (χ2v) is 8.47. The van der Waals surface area contributed by atoms with Gasteiger partial charge in [0.2, 0.25) is 5.91 Å². The molecule has 0 radical (unpaired) electrons. The second-order valence-electron chi connectivity index (χ2n) is 8.47. The molecule has 0 aromatic heterocycles. The normalized spacial score (nSPS) is 11.2. The number of phenolic OH excluding ortho intramolecular Hbond substituents is 1. The van der Waals surface area contributed by atoms with Gasteiger partial charge < -0.3 is 15.2 Å². The molecule has 0 fully saturated rings. The van der Waals surface area contributed by atoms with Crippen LogP contribution in [-0.2, 0) is 11.2 Å². The third kappa shape index (κ3) is 14.6. The quantitative estimate of drug-likeness (QED) is 0.181. The molecular weight excluding hydrogens is 386 g/mol. The fourth-order valence-electron chi connectivity index (χ4n) is 3.68. The van der Waals surface area contributed by atoms with Crippen molar-refractivity contribution in [2.24, 2.45) is 0 Å². The molecule has 1 aromatic carbocycles. The van der Waals surface area contributed by atoms with Crippen molar-refractivity contribution in [3.8, 4) is 11.5 Å². The molecule has 0 atom stereocenters. The van der Waals surface area contributed by atoms with Crippen LogP contribution in [0.25, 0.3) is 0 Å². The van der Waals surface area contributed by atoms with Gasteiger partial charge in [0.15, 0.2) is 11.5 Å². The van der Waals surface area contributed by atoms with E-state index in [9.17, 15) is 9.90 Å². The zero-order valence-electron chi connectivity index (χ0n) is 20.0. The minimum Gasteiger partial charge on any atom is -0.504 e. The third-order valence-electron chi connectivity index (χ3n) is 5.62. The van der Waals surface area contributed by atoms with Crippen LogP contribution in [0.4, 0.5) is 0 Å². The maximum atomic E-state index is 12.0. The van der Waals surface area contributed by atoms with Crippen LogP contribution < -0.4 is 10.1 Å². The van der Waals surface area contributed by atoms with Gasteiger partial charge in [0.25, 0.3) is 0 Å². The average Bonchev–Trinajstić information content (AvgIpc) is 2.77. The Labute approximate surface area is 190 Å². The summed E-state index contributed by atoms with van der Waals surface area (Å²) in [5.41, 5.74) is 0.842. The van der Waals surface area contributed by atoms with Gasteiger partial charge in [-0.2, -0.15) is 0 Å². The Bertz CT molecular complexity index is 612. The van der Waals surface area contributed by atoms with Gasteiger partial charge in [-0.15, -0.1) is 0 Å². The summed E-state index contributed by atoms with van der Waals surface area (Å²) in [6, 6.07) is 5.02. The molecule has 1 amide bonds. The number of carbonyl (C=O) groups is 1. The van der Waals surface area contributed by atoms with Gasteiger partial charge in [0, 0.05) is 6.54 Å². The number of methoxy groups -OCH3 is 1. The number of aromatic hydroxyl groups is 1. The van der Waals surface area contributed by atoms with Crippen molar-refractivity contribution < 1.29 is 14.6 Å². The lowest BCUT2D eigenvalue weighted by molar-refractivity contribution is -0.120. The zero-order valence-corrected chi connectivity index (χ0v) is 20.0. The molecule has 0 aliphatic carbocycles. The smallest absolute Gasteiger partial charge is 0.224 e. The summed E-state index contributed by atoms with van der Waals surface area (Å²) in [7, 11) is 1.51. The molecule has 0 heterocycles. The standard InChI is InChI=1S/C27H45NO3/c1-3-4-5-6-7-8-9-10-11-12-13-14-15-16-17-18-21-28-27(30)23-24-19-20-25(29)26(22-24)31-2/h8-9,19-20,22,29H,3-7,10-18,21,23H2,1-2H3,(H,28,30)/b9-8-. The number of unbranched alkanes of at least 4 members (excludes halogenated alkanes) is 12. The van der Waals surface area contributed by atoms with E-state index >= 15 is 0 Å². The molecule has 4 heteroatoms. The van der Waals surface area contributed by atoms with Gasteiger partial charge in [0.05, 0.1) is 13.5 Å². The fraction of sp³-hybridized carbons (Fsp3) is 0.667. The largest absolute Gasteiger partial charge is 0.504 e. The van der Waals surface area contributed by atoms with Crippen molar-refractivity contribution >= 4 is 5.91 Å². The molecule has 176 valence electrons. The lowest BCUT2D eigenvalue weighted by atomic mass is 10.1.